The van der Waals surface area contributed by atoms with Crippen LogP contribution in [0.15, 0.2) is 18.2 Å². The Hall–Kier alpha value is -0.770. The van der Waals surface area contributed by atoms with E-state index in [1.807, 2.05) is 6.92 Å². The second kappa shape index (κ2) is 6.24. The van der Waals surface area contributed by atoms with Crippen LogP contribution in [0.5, 0.6) is 0 Å². The quantitative estimate of drug-likeness (QED) is 0.888. The Balaban J connectivity index is 2.69. The van der Waals surface area contributed by atoms with Crippen LogP contribution < -0.4 is 5.32 Å². The van der Waals surface area contributed by atoms with Crippen molar-refractivity contribution < 1.29 is 9.90 Å². The minimum Gasteiger partial charge on any atom is -0.393 e. The molecule has 0 saturated heterocycles. The molecule has 5 heteroatoms. The van der Waals surface area contributed by atoms with Gasteiger partial charge in [0, 0.05) is 21.7 Å². The molecule has 3 nitrogen and oxygen atoms in total. The zero-order valence-electron chi connectivity index (χ0n) is 9.71. The van der Waals surface area contributed by atoms with Crippen LogP contribution in [0.2, 0.25) is 10.0 Å². The first-order valence-electron chi connectivity index (χ1n) is 5.33. The number of amides is 1. The van der Waals surface area contributed by atoms with Gasteiger partial charge < -0.3 is 10.4 Å². The SMILES string of the molecule is CC(O)CC(C)NC(=O)c1cc(Cl)cc(Cl)c1. The van der Waals surface area contributed by atoms with Gasteiger partial charge in [0.2, 0.25) is 0 Å². The Labute approximate surface area is 111 Å². The highest BCUT2D eigenvalue weighted by atomic mass is 35.5. The van der Waals surface area contributed by atoms with Crippen molar-refractivity contribution >= 4 is 29.1 Å². The molecule has 94 valence electrons. The predicted octanol–water partition coefficient (Wildman–Crippen LogP) is 2.88. The van der Waals surface area contributed by atoms with Crippen molar-refractivity contribution in [3.63, 3.8) is 0 Å². The summed E-state index contributed by atoms with van der Waals surface area (Å²) >= 11 is 11.6. The van der Waals surface area contributed by atoms with Gasteiger partial charge in [-0.1, -0.05) is 23.2 Å². The summed E-state index contributed by atoms with van der Waals surface area (Å²) in [6.07, 6.45) is 0.0493. The number of benzene rings is 1. The molecule has 0 bridgehead atoms. The van der Waals surface area contributed by atoms with Gasteiger partial charge in [-0.3, -0.25) is 4.79 Å². The topological polar surface area (TPSA) is 49.3 Å². The van der Waals surface area contributed by atoms with Crippen LogP contribution >= 0.6 is 23.2 Å². The number of hydrogen-bond donors (Lipinski definition) is 2. The largest absolute Gasteiger partial charge is 0.393 e. The van der Waals surface area contributed by atoms with Crippen LogP contribution in [0.3, 0.4) is 0 Å². The summed E-state index contributed by atoms with van der Waals surface area (Å²) in [5.41, 5.74) is 0.417. The minimum absolute atomic E-state index is 0.111. The zero-order valence-corrected chi connectivity index (χ0v) is 11.2. The molecular formula is C12H15Cl2NO2. The molecule has 0 aliphatic heterocycles. The number of aliphatic hydroxyl groups excluding tert-OH is 1. The van der Waals surface area contributed by atoms with Crippen LogP contribution in [0.25, 0.3) is 0 Å². The third kappa shape index (κ3) is 4.94. The zero-order chi connectivity index (χ0) is 13.0. The van der Waals surface area contributed by atoms with Gasteiger partial charge in [0.15, 0.2) is 0 Å². The molecule has 2 atom stereocenters. The van der Waals surface area contributed by atoms with E-state index in [4.69, 9.17) is 23.2 Å². The van der Waals surface area contributed by atoms with Gasteiger partial charge in [-0.25, -0.2) is 0 Å². The number of hydrogen-bond acceptors (Lipinski definition) is 2. The maximum absolute atomic E-state index is 11.8. The van der Waals surface area contributed by atoms with E-state index in [1.54, 1.807) is 25.1 Å². The van der Waals surface area contributed by atoms with Crippen LogP contribution in [0, 0.1) is 0 Å². The number of rotatable bonds is 4. The summed E-state index contributed by atoms with van der Waals surface area (Å²) in [7, 11) is 0. The third-order valence-electron chi connectivity index (χ3n) is 2.20. The number of nitrogens with one attached hydrogen (secondary N) is 1. The maximum Gasteiger partial charge on any atom is 0.251 e. The van der Waals surface area contributed by atoms with E-state index in [-0.39, 0.29) is 11.9 Å². The van der Waals surface area contributed by atoms with Gasteiger partial charge in [0.1, 0.15) is 0 Å². The lowest BCUT2D eigenvalue weighted by Crippen LogP contribution is -2.34. The lowest BCUT2D eigenvalue weighted by Gasteiger charge is -2.15. The molecule has 0 saturated carbocycles. The van der Waals surface area contributed by atoms with E-state index in [0.29, 0.717) is 22.0 Å². The van der Waals surface area contributed by atoms with Gasteiger partial charge in [-0.05, 0) is 38.5 Å². The van der Waals surface area contributed by atoms with Gasteiger partial charge in [-0.2, -0.15) is 0 Å². The Morgan fingerprint density at radius 1 is 1.29 bits per heavy atom. The molecular weight excluding hydrogens is 261 g/mol. The molecule has 0 fully saturated rings. The molecule has 0 aliphatic carbocycles. The van der Waals surface area contributed by atoms with E-state index in [2.05, 4.69) is 5.32 Å². The summed E-state index contributed by atoms with van der Waals surface area (Å²) in [6.45, 7) is 3.51. The Morgan fingerprint density at radius 3 is 2.29 bits per heavy atom. The maximum atomic E-state index is 11.8. The molecule has 0 spiro atoms. The first-order valence-corrected chi connectivity index (χ1v) is 6.09. The van der Waals surface area contributed by atoms with Gasteiger partial charge in [0.25, 0.3) is 5.91 Å². The molecule has 2 N–H and O–H groups in total. The smallest absolute Gasteiger partial charge is 0.251 e. The summed E-state index contributed by atoms with van der Waals surface area (Å²) in [5.74, 6) is -0.248. The van der Waals surface area contributed by atoms with Crippen LogP contribution in [0.1, 0.15) is 30.6 Å². The molecule has 1 aromatic rings. The fourth-order valence-corrected chi connectivity index (χ4v) is 2.09. The van der Waals surface area contributed by atoms with E-state index >= 15 is 0 Å². The highest BCUT2D eigenvalue weighted by molar-refractivity contribution is 6.35. The predicted molar refractivity (Wildman–Crippen MR) is 69.7 cm³/mol. The molecule has 0 radical (unpaired) electrons. The minimum atomic E-state index is -0.451. The third-order valence-corrected chi connectivity index (χ3v) is 2.63. The van der Waals surface area contributed by atoms with Crippen LogP contribution in [0.4, 0.5) is 0 Å². The van der Waals surface area contributed by atoms with Crippen molar-refractivity contribution in [3.05, 3.63) is 33.8 Å². The summed E-state index contributed by atoms with van der Waals surface area (Å²) in [6, 6.07) is 4.56. The first-order chi connectivity index (χ1) is 7.88. The lowest BCUT2D eigenvalue weighted by molar-refractivity contribution is 0.0923. The van der Waals surface area contributed by atoms with E-state index in [9.17, 15) is 9.90 Å². The summed E-state index contributed by atoms with van der Waals surface area (Å²) in [4.78, 5) is 11.8. The van der Waals surface area contributed by atoms with Crippen molar-refractivity contribution in [2.45, 2.75) is 32.4 Å². The van der Waals surface area contributed by atoms with Crippen LogP contribution in [-0.4, -0.2) is 23.2 Å². The van der Waals surface area contributed by atoms with Crippen molar-refractivity contribution in [1.29, 1.82) is 0 Å². The fourth-order valence-electron chi connectivity index (χ4n) is 1.56. The van der Waals surface area contributed by atoms with Gasteiger partial charge in [0.05, 0.1) is 6.10 Å². The van der Waals surface area contributed by atoms with E-state index in [1.165, 1.54) is 0 Å². The van der Waals surface area contributed by atoms with Crippen molar-refractivity contribution in [1.82, 2.24) is 5.32 Å². The fraction of sp³-hybridized carbons (Fsp3) is 0.417. The second-order valence-corrected chi connectivity index (χ2v) is 4.99. The molecule has 1 aromatic carbocycles. The average Bonchev–Trinajstić information content (AvgIpc) is 2.14. The highest BCUT2D eigenvalue weighted by Gasteiger charge is 2.12. The summed E-state index contributed by atoms with van der Waals surface area (Å²) in [5, 5.41) is 12.8. The van der Waals surface area contributed by atoms with Gasteiger partial charge in [-0.15, -0.1) is 0 Å². The molecule has 0 aromatic heterocycles. The summed E-state index contributed by atoms with van der Waals surface area (Å²) < 4.78 is 0. The molecule has 0 heterocycles. The monoisotopic (exact) mass is 275 g/mol. The number of halogens is 2. The van der Waals surface area contributed by atoms with Crippen molar-refractivity contribution in [3.8, 4) is 0 Å². The molecule has 0 aliphatic rings. The molecule has 17 heavy (non-hydrogen) atoms. The average molecular weight is 276 g/mol. The molecule has 1 rings (SSSR count). The standard InChI is InChI=1S/C12H15Cl2NO2/c1-7(3-8(2)16)15-12(17)9-4-10(13)6-11(14)5-9/h4-8,16H,3H2,1-2H3,(H,15,17). The molecule has 2 unspecified atom stereocenters. The first kappa shape index (κ1) is 14.3. The Morgan fingerprint density at radius 2 is 1.82 bits per heavy atom. The molecule has 1 amide bonds. The Kier molecular flexibility index (Phi) is 5.25. The Bertz CT molecular complexity index is 387. The lowest BCUT2D eigenvalue weighted by atomic mass is 10.1. The van der Waals surface area contributed by atoms with Crippen LogP contribution in [-0.2, 0) is 0 Å². The second-order valence-electron chi connectivity index (χ2n) is 4.12. The van der Waals surface area contributed by atoms with Crippen molar-refractivity contribution in [2.24, 2.45) is 0 Å². The highest BCUT2D eigenvalue weighted by Crippen LogP contribution is 2.19. The van der Waals surface area contributed by atoms with Gasteiger partial charge >= 0.3 is 0 Å². The van der Waals surface area contributed by atoms with Crippen molar-refractivity contribution in [2.75, 3.05) is 0 Å². The number of aliphatic hydroxyl groups is 1. The normalized spacial score (nSPS) is 14.2. The van der Waals surface area contributed by atoms with E-state index < -0.39 is 6.10 Å². The number of carbonyl (C=O) groups excluding carboxylic acids is 1. The number of carbonyl (C=O) groups is 1. The van der Waals surface area contributed by atoms with E-state index in [0.717, 1.165) is 0 Å².